The molecule has 1 aromatic carbocycles. The average molecular weight is 321 g/mol. The Labute approximate surface area is 130 Å². The Kier molecular flexibility index (Phi) is 4.97. The molecule has 0 atom stereocenters. The topological polar surface area (TPSA) is 81.1 Å². The van der Waals surface area contributed by atoms with Crippen LogP contribution in [-0.4, -0.2) is 35.9 Å². The van der Waals surface area contributed by atoms with Gasteiger partial charge in [-0.1, -0.05) is 12.1 Å². The van der Waals surface area contributed by atoms with E-state index in [1.54, 1.807) is 6.20 Å². The molecule has 0 aliphatic heterocycles. The van der Waals surface area contributed by atoms with Gasteiger partial charge >= 0.3 is 0 Å². The van der Waals surface area contributed by atoms with Crippen molar-refractivity contribution in [2.75, 3.05) is 12.0 Å². The Balaban J connectivity index is 1.89. The maximum atomic E-state index is 11.6. The van der Waals surface area contributed by atoms with Crippen molar-refractivity contribution >= 4 is 15.7 Å². The van der Waals surface area contributed by atoms with Gasteiger partial charge in [-0.3, -0.25) is 4.79 Å². The van der Waals surface area contributed by atoms with Gasteiger partial charge < -0.3 is 9.88 Å². The predicted molar refractivity (Wildman–Crippen MR) is 84.5 cm³/mol. The SMILES string of the molecule is Cc1nccn1-c1ccc(CNC(=O)CCS(C)(=O)=O)cc1. The fourth-order valence-electron chi connectivity index (χ4n) is 1.99. The Morgan fingerprint density at radius 3 is 2.50 bits per heavy atom. The van der Waals surface area contributed by atoms with E-state index in [4.69, 9.17) is 0 Å². The third-order valence-corrected chi connectivity index (χ3v) is 4.18. The van der Waals surface area contributed by atoms with Crippen molar-refractivity contribution in [1.82, 2.24) is 14.9 Å². The van der Waals surface area contributed by atoms with Crippen LogP contribution in [0.25, 0.3) is 5.69 Å². The van der Waals surface area contributed by atoms with Gasteiger partial charge in [0.05, 0.1) is 5.75 Å². The molecule has 0 unspecified atom stereocenters. The van der Waals surface area contributed by atoms with Gasteiger partial charge in [-0.15, -0.1) is 0 Å². The lowest BCUT2D eigenvalue weighted by Crippen LogP contribution is -2.24. The molecule has 6 nitrogen and oxygen atoms in total. The van der Waals surface area contributed by atoms with E-state index in [1.165, 1.54) is 0 Å². The maximum Gasteiger partial charge on any atom is 0.221 e. The van der Waals surface area contributed by atoms with Gasteiger partial charge in [0.2, 0.25) is 5.91 Å². The van der Waals surface area contributed by atoms with Crippen molar-refractivity contribution in [3.05, 3.63) is 48.0 Å². The molecule has 0 saturated carbocycles. The zero-order chi connectivity index (χ0) is 16.2. The van der Waals surface area contributed by atoms with E-state index in [9.17, 15) is 13.2 Å². The highest BCUT2D eigenvalue weighted by Gasteiger charge is 2.07. The van der Waals surface area contributed by atoms with Crippen molar-refractivity contribution in [1.29, 1.82) is 0 Å². The van der Waals surface area contributed by atoms with Crippen LogP contribution in [0.3, 0.4) is 0 Å². The van der Waals surface area contributed by atoms with Crippen molar-refractivity contribution in [2.45, 2.75) is 19.9 Å². The normalized spacial score (nSPS) is 11.4. The molecular formula is C15H19N3O3S. The van der Waals surface area contributed by atoms with Gasteiger partial charge in [-0.25, -0.2) is 13.4 Å². The van der Waals surface area contributed by atoms with Crippen molar-refractivity contribution in [2.24, 2.45) is 0 Å². The molecular weight excluding hydrogens is 302 g/mol. The summed E-state index contributed by atoms with van der Waals surface area (Å²) in [6.45, 7) is 2.31. The van der Waals surface area contributed by atoms with Crippen LogP contribution in [0, 0.1) is 6.92 Å². The minimum absolute atomic E-state index is 0.00878. The number of aryl methyl sites for hydroxylation is 1. The Morgan fingerprint density at radius 2 is 1.95 bits per heavy atom. The van der Waals surface area contributed by atoms with Crippen LogP contribution in [-0.2, 0) is 21.2 Å². The van der Waals surface area contributed by atoms with Crippen molar-refractivity contribution < 1.29 is 13.2 Å². The highest BCUT2D eigenvalue weighted by Crippen LogP contribution is 2.11. The first-order valence-corrected chi connectivity index (χ1v) is 8.95. The summed E-state index contributed by atoms with van der Waals surface area (Å²) in [4.78, 5) is 15.7. The molecule has 1 amide bonds. The van der Waals surface area contributed by atoms with E-state index in [1.807, 2.05) is 42.0 Å². The first kappa shape index (κ1) is 16.2. The average Bonchev–Trinajstić information content (AvgIpc) is 2.89. The van der Waals surface area contributed by atoms with E-state index >= 15 is 0 Å². The summed E-state index contributed by atoms with van der Waals surface area (Å²) in [6.07, 6.45) is 4.74. The molecule has 1 N–H and O–H groups in total. The molecule has 0 saturated heterocycles. The van der Waals surface area contributed by atoms with Crippen LogP contribution in [0.4, 0.5) is 0 Å². The molecule has 0 bridgehead atoms. The Hall–Kier alpha value is -2.15. The smallest absolute Gasteiger partial charge is 0.221 e. The molecule has 0 aliphatic rings. The minimum Gasteiger partial charge on any atom is -0.352 e. The van der Waals surface area contributed by atoms with Crippen LogP contribution in [0.5, 0.6) is 0 Å². The van der Waals surface area contributed by atoms with Gasteiger partial charge in [0, 0.05) is 37.3 Å². The largest absolute Gasteiger partial charge is 0.352 e. The number of benzene rings is 1. The van der Waals surface area contributed by atoms with Crippen LogP contribution >= 0.6 is 0 Å². The Morgan fingerprint density at radius 1 is 1.27 bits per heavy atom. The molecule has 7 heteroatoms. The number of hydrogen-bond donors (Lipinski definition) is 1. The van der Waals surface area contributed by atoms with Crippen molar-refractivity contribution in [3.8, 4) is 5.69 Å². The second kappa shape index (κ2) is 6.74. The quantitative estimate of drug-likeness (QED) is 0.868. The second-order valence-corrected chi connectivity index (χ2v) is 7.43. The molecule has 1 heterocycles. The number of sulfone groups is 1. The zero-order valence-electron chi connectivity index (χ0n) is 12.6. The maximum absolute atomic E-state index is 11.6. The first-order chi connectivity index (χ1) is 10.3. The van der Waals surface area contributed by atoms with Gasteiger partial charge in [0.1, 0.15) is 15.7 Å². The van der Waals surface area contributed by atoms with Gasteiger partial charge in [-0.2, -0.15) is 0 Å². The van der Waals surface area contributed by atoms with Crippen LogP contribution in [0.1, 0.15) is 17.8 Å². The number of carbonyl (C=O) groups excluding carboxylic acids is 1. The highest BCUT2D eigenvalue weighted by molar-refractivity contribution is 7.90. The molecule has 0 fully saturated rings. The first-order valence-electron chi connectivity index (χ1n) is 6.89. The van der Waals surface area contributed by atoms with Gasteiger partial charge in [0.15, 0.2) is 0 Å². The fourth-order valence-corrected chi connectivity index (χ4v) is 2.55. The zero-order valence-corrected chi connectivity index (χ0v) is 13.4. The number of rotatable bonds is 6. The molecule has 1 aromatic heterocycles. The summed E-state index contributed by atoms with van der Waals surface area (Å²) in [5, 5.41) is 2.71. The predicted octanol–water partition coefficient (Wildman–Crippen LogP) is 1.23. The third-order valence-electron chi connectivity index (χ3n) is 3.23. The van der Waals surface area contributed by atoms with Gasteiger partial charge in [-0.05, 0) is 24.6 Å². The van der Waals surface area contributed by atoms with Crippen molar-refractivity contribution in [3.63, 3.8) is 0 Å². The minimum atomic E-state index is -3.11. The lowest BCUT2D eigenvalue weighted by molar-refractivity contribution is -0.120. The molecule has 0 spiro atoms. The summed E-state index contributed by atoms with van der Waals surface area (Å²) in [7, 11) is -3.11. The number of imidazole rings is 1. The number of nitrogens with one attached hydrogen (secondary N) is 1. The van der Waals surface area contributed by atoms with E-state index in [2.05, 4.69) is 10.3 Å². The monoisotopic (exact) mass is 321 g/mol. The third kappa shape index (κ3) is 4.70. The standard InChI is InChI=1S/C15H19N3O3S/c1-12-16-8-9-18(12)14-5-3-13(4-6-14)11-17-15(19)7-10-22(2,20)21/h3-6,8-9H,7,10-11H2,1-2H3,(H,17,19). The van der Waals surface area contributed by atoms with Crippen LogP contribution in [0.15, 0.2) is 36.7 Å². The molecule has 2 aromatic rings. The van der Waals surface area contributed by atoms with E-state index in [0.717, 1.165) is 23.3 Å². The number of hydrogen-bond acceptors (Lipinski definition) is 4. The number of amides is 1. The summed E-state index contributed by atoms with van der Waals surface area (Å²) < 4.78 is 24.0. The van der Waals surface area contributed by atoms with E-state index in [0.29, 0.717) is 6.54 Å². The number of nitrogens with zero attached hydrogens (tertiary/aromatic N) is 2. The lowest BCUT2D eigenvalue weighted by atomic mass is 10.2. The summed E-state index contributed by atoms with van der Waals surface area (Å²) in [6, 6.07) is 7.75. The van der Waals surface area contributed by atoms with E-state index < -0.39 is 9.84 Å². The molecule has 0 radical (unpaired) electrons. The summed E-state index contributed by atoms with van der Waals surface area (Å²) >= 11 is 0. The molecule has 2 rings (SSSR count). The van der Waals surface area contributed by atoms with Gasteiger partial charge in [0.25, 0.3) is 0 Å². The van der Waals surface area contributed by atoms with Crippen LogP contribution < -0.4 is 5.32 Å². The molecule has 22 heavy (non-hydrogen) atoms. The summed E-state index contributed by atoms with van der Waals surface area (Å²) in [5.41, 5.74) is 1.95. The number of aromatic nitrogens is 2. The number of carbonyl (C=O) groups is 1. The molecule has 0 aliphatic carbocycles. The second-order valence-electron chi connectivity index (χ2n) is 5.17. The molecule has 118 valence electrons. The fraction of sp³-hybridized carbons (Fsp3) is 0.333. The van der Waals surface area contributed by atoms with Crippen LogP contribution in [0.2, 0.25) is 0 Å². The Bertz CT molecular complexity index is 749. The lowest BCUT2D eigenvalue weighted by Gasteiger charge is -2.08. The summed E-state index contributed by atoms with van der Waals surface area (Å²) in [5.74, 6) is 0.513. The highest BCUT2D eigenvalue weighted by atomic mass is 32.2. The van der Waals surface area contributed by atoms with E-state index in [-0.39, 0.29) is 18.1 Å².